The van der Waals surface area contributed by atoms with Crippen LogP contribution in [0.1, 0.15) is 25.7 Å². The normalized spacial score (nSPS) is 24.9. The lowest BCUT2D eigenvalue weighted by atomic mass is 10.0. The summed E-state index contributed by atoms with van der Waals surface area (Å²) in [5.41, 5.74) is 0. The molecule has 2 amide bonds. The number of hydrogen-bond acceptors (Lipinski definition) is 4. The number of nitrogens with one attached hydrogen (secondary N) is 2. The number of para-hydroxylation sites is 1. The minimum absolute atomic E-state index is 0.0640. The topological polar surface area (TPSA) is 98.7 Å². The Morgan fingerprint density at radius 2 is 1.96 bits per heavy atom. The molecule has 0 aromatic heterocycles. The number of rotatable bonds is 5. The average molecular weight is 338 g/mol. The van der Waals surface area contributed by atoms with Crippen LogP contribution in [0.15, 0.2) is 30.3 Å². The number of hydrogen-bond donors (Lipinski definition) is 4. The summed E-state index contributed by atoms with van der Waals surface area (Å²) < 4.78 is 0. The second kappa shape index (κ2) is 8.67. The van der Waals surface area contributed by atoms with Crippen molar-refractivity contribution >= 4 is 23.8 Å². The van der Waals surface area contributed by atoms with Crippen LogP contribution < -0.4 is 10.6 Å². The highest BCUT2D eigenvalue weighted by molar-refractivity contribution is 8.00. The zero-order valence-electron chi connectivity index (χ0n) is 12.8. The smallest absolute Gasteiger partial charge is 0.315 e. The molecule has 0 spiro atoms. The van der Waals surface area contributed by atoms with E-state index >= 15 is 0 Å². The Labute approximate surface area is 139 Å². The lowest BCUT2D eigenvalue weighted by Gasteiger charge is -2.16. The van der Waals surface area contributed by atoms with Crippen LogP contribution in [-0.2, 0) is 4.79 Å². The molecule has 3 rings (SSSR count). The first-order valence-corrected chi connectivity index (χ1v) is 8.75. The number of carboxylic acid groups (broad SMARTS) is 1. The molecule has 2 heterocycles. The van der Waals surface area contributed by atoms with Gasteiger partial charge in [0, 0.05) is 17.4 Å². The predicted octanol–water partition coefficient (Wildman–Crippen LogP) is 2.19. The summed E-state index contributed by atoms with van der Waals surface area (Å²) in [6, 6.07) is 9.15. The van der Waals surface area contributed by atoms with E-state index in [2.05, 4.69) is 10.6 Å². The Balaban J connectivity index is 0.000000229. The van der Waals surface area contributed by atoms with Gasteiger partial charge in [0.2, 0.25) is 0 Å². The fourth-order valence-corrected chi connectivity index (χ4v) is 4.24. The van der Waals surface area contributed by atoms with Gasteiger partial charge in [0.15, 0.2) is 0 Å². The lowest BCUT2D eigenvalue weighted by molar-refractivity contribution is -0.137. The molecule has 0 radical (unpaired) electrons. The lowest BCUT2D eigenvalue weighted by Crippen LogP contribution is -2.36. The van der Waals surface area contributed by atoms with E-state index in [-0.39, 0.29) is 24.5 Å². The molecule has 6 nitrogen and oxygen atoms in total. The van der Waals surface area contributed by atoms with Crippen molar-refractivity contribution in [2.75, 3.05) is 5.75 Å². The van der Waals surface area contributed by atoms with Gasteiger partial charge in [-0.05, 0) is 25.0 Å². The van der Waals surface area contributed by atoms with Crippen molar-refractivity contribution < 1.29 is 19.8 Å². The van der Waals surface area contributed by atoms with Gasteiger partial charge in [0.05, 0.1) is 12.1 Å². The van der Waals surface area contributed by atoms with Crippen LogP contribution in [-0.4, -0.2) is 45.3 Å². The summed E-state index contributed by atoms with van der Waals surface area (Å²) in [5.74, 6) is 0.558. The third-order valence-electron chi connectivity index (χ3n) is 3.82. The number of thioether (sulfide) groups is 1. The number of aromatic hydroxyl groups is 1. The summed E-state index contributed by atoms with van der Waals surface area (Å²) in [4.78, 5) is 21.5. The molecular formula is C16H22N2O4S. The van der Waals surface area contributed by atoms with Crippen molar-refractivity contribution in [3.05, 3.63) is 30.3 Å². The zero-order valence-corrected chi connectivity index (χ0v) is 13.6. The van der Waals surface area contributed by atoms with E-state index < -0.39 is 5.97 Å². The van der Waals surface area contributed by atoms with Gasteiger partial charge in [-0.3, -0.25) is 4.79 Å². The first-order valence-electron chi connectivity index (χ1n) is 7.70. The standard InChI is InChI=1S/C10H16N2O3S.C6H6O/c13-8(14)4-2-1-3-7-9-6(5-16-7)11-10(15)12-9;7-6-4-2-1-3-5-6/h6-7,9H,1-5H2,(H,13,14)(H2,11,12,15);1-5,7H/t6-,7-,9-;/m0./s1. The number of fused-ring (bicyclic) bond motifs is 1. The van der Waals surface area contributed by atoms with Gasteiger partial charge in [-0.15, -0.1) is 0 Å². The molecule has 1 aromatic carbocycles. The van der Waals surface area contributed by atoms with Crippen molar-refractivity contribution in [2.45, 2.75) is 43.0 Å². The van der Waals surface area contributed by atoms with E-state index in [0.717, 1.165) is 25.0 Å². The first-order chi connectivity index (χ1) is 11.1. The second-order valence-electron chi connectivity index (χ2n) is 5.60. The van der Waals surface area contributed by atoms with Crippen LogP contribution in [0.5, 0.6) is 5.75 Å². The van der Waals surface area contributed by atoms with Crippen molar-refractivity contribution in [1.82, 2.24) is 10.6 Å². The number of phenolic OH excluding ortho intramolecular Hbond substituents is 1. The van der Waals surface area contributed by atoms with Gasteiger partial charge < -0.3 is 20.8 Å². The highest BCUT2D eigenvalue weighted by Crippen LogP contribution is 2.33. The van der Waals surface area contributed by atoms with E-state index in [1.807, 2.05) is 17.8 Å². The monoisotopic (exact) mass is 338 g/mol. The molecule has 2 aliphatic rings. The Morgan fingerprint density at radius 1 is 1.22 bits per heavy atom. The molecule has 7 heteroatoms. The molecule has 2 aliphatic heterocycles. The maximum atomic E-state index is 11.1. The van der Waals surface area contributed by atoms with Crippen molar-refractivity contribution in [1.29, 1.82) is 0 Å². The maximum Gasteiger partial charge on any atom is 0.315 e. The minimum atomic E-state index is -0.729. The molecule has 0 saturated carbocycles. The van der Waals surface area contributed by atoms with Crippen LogP contribution in [0, 0.1) is 0 Å². The number of carbonyl (C=O) groups is 2. The van der Waals surface area contributed by atoms with E-state index in [0.29, 0.717) is 11.0 Å². The van der Waals surface area contributed by atoms with Crippen LogP contribution in [0.3, 0.4) is 0 Å². The van der Waals surface area contributed by atoms with Crippen molar-refractivity contribution in [3.63, 3.8) is 0 Å². The van der Waals surface area contributed by atoms with E-state index in [4.69, 9.17) is 10.2 Å². The molecule has 1 aromatic rings. The number of carboxylic acids is 1. The van der Waals surface area contributed by atoms with E-state index in [1.165, 1.54) is 0 Å². The molecule has 23 heavy (non-hydrogen) atoms. The van der Waals surface area contributed by atoms with Crippen LogP contribution in [0.2, 0.25) is 0 Å². The van der Waals surface area contributed by atoms with Gasteiger partial charge in [-0.1, -0.05) is 24.6 Å². The molecule has 126 valence electrons. The molecular weight excluding hydrogens is 316 g/mol. The van der Waals surface area contributed by atoms with Gasteiger partial charge >= 0.3 is 12.0 Å². The number of carbonyl (C=O) groups excluding carboxylic acids is 1. The molecule has 2 saturated heterocycles. The highest BCUT2D eigenvalue weighted by Gasteiger charge is 2.42. The highest BCUT2D eigenvalue weighted by atomic mass is 32.2. The number of amides is 2. The molecule has 0 bridgehead atoms. The number of urea groups is 1. The zero-order chi connectivity index (χ0) is 16.7. The number of phenols is 1. The van der Waals surface area contributed by atoms with Crippen molar-refractivity contribution in [2.24, 2.45) is 0 Å². The Morgan fingerprint density at radius 3 is 2.57 bits per heavy atom. The fraction of sp³-hybridized carbons (Fsp3) is 0.500. The summed E-state index contributed by atoms with van der Waals surface area (Å²) in [7, 11) is 0. The summed E-state index contributed by atoms with van der Waals surface area (Å²) in [5, 5.41) is 23.4. The molecule has 0 aliphatic carbocycles. The Hall–Kier alpha value is -1.89. The largest absolute Gasteiger partial charge is 0.508 e. The summed E-state index contributed by atoms with van der Waals surface area (Å²) in [6.45, 7) is 0. The Kier molecular flexibility index (Phi) is 6.58. The summed E-state index contributed by atoms with van der Waals surface area (Å²) in [6.07, 6.45) is 2.88. The van der Waals surface area contributed by atoms with E-state index in [1.54, 1.807) is 24.3 Å². The molecule has 3 atom stereocenters. The number of aliphatic carboxylic acids is 1. The van der Waals surface area contributed by atoms with Crippen molar-refractivity contribution in [3.8, 4) is 5.75 Å². The number of unbranched alkanes of at least 4 members (excludes halogenated alkanes) is 1. The quantitative estimate of drug-likeness (QED) is 0.487. The third-order valence-corrected chi connectivity index (χ3v) is 5.33. The van der Waals surface area contributed by atoms with Gasteiger partial charge in [0.1, 0.15) is 5.75 Å². The Bertz CT molecular complexity index is 526. The van der Waals surface area contributed by atoms with Gasteiger partial charge in [-0.2, -0.15) is 11.8 Å². The van der Waals surface area contributed by atoms with E-state index in [9.17, 15) is 9.59 Å². The SMILES string of the molecule is O=C(O)CCCC[C@@H]1SC[C@@H]2NC(=O)N[C@@H]21.Oc1ccccc1. The molecule has 2 fully saturated rings. The first kappa shape index (κ1) is 17.5. The molecule has 0 unspecified atom stereocenters. The maximum absolute atomic E-state index is 11.1. The number of benzene rings is 1. The molecule has 4 N–H and O–H groups in total. The fourth-order valence-electron chi connectivity index (χ4n) is 2.69. The average Bonchev–Trinajstić information content (AvgIpc) is 3.04. The van der Waals surface area contributed by atoms with Crippen LogP contribution in [0.25, 0.3) is 0 Å². The second-order valence-corrected chi connectivity index (χ2v) is 6.87. The predicted molar refractivity (Wildman–Crippen MR) is 89.7 cm³/mol. The van der Waals surface area contributed by atoms with Gasteiger partial charge in [0.25, 0.3) is 0 Å². The van der Waals surface area contributed by atoms with Crippen LogP contribution >= 0.6 is 11.8 Å². The third kappa shape index (κ3) is 5.67. The summed E-state index contributed by atoms with van der Waals surface area (Å²) >= 11 is 1.87. The van der Waals surface area contributed by atoms with Gasteiger partial charge in [-0.25, -0.2) is 4.79 Å². The minimum Gasteiger partial charge on any atom is -0.508 e. The van der Waals surface area contributed by atoms with Crippen LogP contribution in [0.4, 0.5) is 4.79 Å².